The van der Waals surface area contributed by atoms with Crippen LogP contribution < -0.4 is 0 Å². The number of aliphatic hydroxyl groups is 2. The predicted molar refractivity (Wildman–Crippen MR) is 204 cm³/mol. The van der Waals surface area contributed by atoms with E-state index in [1.165, 1.54) is 193 Å². The zero-order valence-electron chi connectivity index (χ0n) is 32.1. The van der Waals surface area contributed by atoms with Crippen molar-refractivity contribution >= 4 is 0 Å². The van der Waals surface area contributed by atoms with E-state index in [1.807, 2.05) is 0 Å². The molecule has 5 heteroatoms. The number of unbranched alkanes of at least 4 members (excludes halogenated alkanes) is 30. The second-order valence-electron chi connectivity index (χ2n) is 14.5. The lowest BCUT2D eigenvalue weighted by atomic mass is 10.0. The van der Waals surface area contributed by atoms with Gasteiger partial charge in [0.05, 0.1) is 26.4 Å². The molecule has 0 spiro atoms. The van der Waals surface area contributed by atoms with Gasteiger partial charge >= 0.3 is 0 Å². The molecule has 284 valence electrons. The molecule has 0 saturated heterocycles. The third kappa shape index (κ3) is 38.5. The van der Waals surface area contributed by atoms with Crippen LogP contribution in [0.4, 0.5) is 0 Å². The van der Waals surface area contributed by atoms with Crippen LogP contribution >= 0.6 is 0 Å². The number of aliphatic hydroxyl groups excluding tert-OH is 2. The molecule has 0 aromatic heterocycles. The Morgan fingerprint density at radius 3 is 0.745 bits per heavy atom. The Morgan fingerprint density at radius 2 is 0.532 bits per heavy atom. The van der Waals surface area contributed by atoms with Gasteiger partial charge in [0.1, 0.15) is 12.2 Å². The van der Waals surface area contributed by atoms with E-state index in [4.69, 9.17) is 14.2 Å². The molecule has 0 heterocycles. The summed E-state index contributed by atoms with van der Waals surface area (Å²) in [6.45, 7) is 6.52. The molecule has 0 radical (unpaired) electrons. The van der Waals surface area contributed by atoms with E-state index in [0.717, 1.165) is 12.8 Å². The lowest BCUT2D eigenvalue weighted by Crippen LogP contribution is -2.30. The van der Waals surface area contributed by atoms with Gasteiger partial charge in [-0.3, -0.25) is 0 Å². The Morgan fingerprint density at radius 1 is 0.319 bits per heavy atom. The van der Waals surface area contributed by atoms with Crippen molar-refractivity contribution in [1.82, 2.24) is 0 Å². The highest BCUT2D eigenvalue weighted by atomic mass is 16.6. The van der Waals surface area contributed by atoms with Crippen LogP contribution in [-0.2, 0) is 14.2 Å². The fourth-order valence-corrected chi connectivity index (χ4v) is 6.44. The zero-order chi connectivity index (χ0) is 34.1. The summed E-state index contributed by atoms with van der Waals surface area (Å²) in [6, 6.07) is 0. The summed E-state index contributed by atoms with van der Waals surface area (Å²) in [5.74, 6) is 0. The number of hydrogen-bond acceptors (Lipinski definition) is 5. The van der Waals surface area contributed by atoms with E-state index in [2.05, 4.69) is 13.8 Å². The molecule has 0 bridgehead atoms. The second-order valence-corrected chi connectivity index (χ2v) is 14.5. The van der Waals surface area contributed by atoms with Crippen LogP contribution in [-0.4, -0.2) is 62.1 Å². The van der Waals surface area contributed by atoms with E-state index < -0.39 is 0 Å². The van der Waals surface area contributed by atoms with E-state index in [9.17, 15) is 10.2 Å². The van der Waals surface area contributed by atoms with E-state index >= 15 is 0 Å². The standard InChI is InChI=1S/C42H86O5/c1-3-5-7-9-11-13-15-17-19-21-23-25-27-29-31-33-35-46-41(37-43)39-45-40-42(38-44)47-36-34-32-30-28-26-24-22-20-18-16-14-12-10-8-6-4-2/h41-44H,3-40H2,1-2H3. The molecule has 0 fully saturated rings. The van der Waals surface area contributed by atoms with Crippen LogP contribution in [0, 0.1) is 0 Å². The molecule has 0 aromatic carbocycles. The zero-order valence-corrected chi connectivity index (χ0v) is 32.1. The van der Waals surface area contributed by atoms with Crippen LogP contribution in [0.15, 0.2) is 0 Å². The molecular formula is C42H86O5. The van der Waals surface area contributed by atoms with E-state index in [-0.39, 0.29) is 25.4 Å². The summed E-state index contributed by atoms with van der Waals surface area (Å²) in [5, 5.41) is 19.3. The molecule has 2 N–H and O–H groups in total. The van der Waals surface area contributed by atoms with Crippen LogP contribution in [0.5, 0.6) is 0 Å². The highest BCUT2D eigenvalue weighted by Gasteiger charge is 2.12. The fraction of sp³-hybridized carbons (Fsp3) is 1.00. The minimum absolute atomic E-state index is 0.0390. The molecule has 0 amide bonds. The van der Waals surface area contributed by atoms with Gasteiger partial charge in [-0.1, -0.05) is 206 Å². The molecular weight excluding hydrogens is 584 g/mol. The van der Waals surface area contributed by atoms with Crippen molar-refractivity contribution in [3.05, 3.63) is 0 Å². The Kier molecular flexibility index (Phi) is 41.8. The van der Waals surface area contributed by atoms with Crippen molar-refractivity contribution < 1.29 is 24.4 Å². The third-order valence-corrected chi connectivity index (χ3v) is 9.72. The maximum absolute atomic E-state index is 9.66. The number of hydrogen-bond donors (Lipinski definition) is 2. The normalized spacial score (nSPS) is 13.0. The van der Waals surface area contributed by atoms with Gasteiger partial charge in [-0.25, -0.2) is 0 Å². The topological polar surface area (TPSA) is 68.2 Å². The first kappa shape index (κ1) is 46.8. The van der Waals surface area contributed by atoms with Gasteiger partial charge in [-0.15, -0.1) is 0 Å². The van der Waals surface area contributed by atoms with Gasteiger partial charge in [0.15, 0.2) is 0 Å². The van der Waals surface area contributed by atoms with Crippen LogP contribution in [0.25, 0.3) is 0 Å². The van der Waals surface area contributed by atoms with Gasteiger partial charge in [0.2, 0.25) is 0 Å². The highest BCUT2D eigenvalue weighted by molar-refractivity contribution is 4.59. The van der Waals surface area contributed by atoms with Crippen molar-refractivity contribution in [3.63, 3.8) is 0 Å². The monoisotopic (exact) mass is 671 g/mol. The molecule has 2 atom stereocenters. The van der Waals surface area contributed by atoms with Crippen LogP contribution in [0.1, 0.15) is 219 Å². The van der Waals surface area contributed by atoms with Gasteiger partial charge in [0.25, 0.3) is 0 Å². The first-order valence-corrected chi connectivity index (χ1v) is 21.3. The van der Waals surface area contributed by atoms with E-state index in [1.54, 1.807) is 0 Å². The molecule has 5 nitrogen and oxygen atoms in total. The molecule has 2 unspecified atom stereocenters. The molecule has 47 heavy (non-hydrogen) atoms. The van der Waals surface area contributed by atoms with Gasteiger partial charge in [0, 0.05) is 13.2 Å². The summed E-state index contributed by atoms with van der Waals surface area (Å²) in [5.41, 5.74) is 0. The molecule has 0 aromatic rings. The smallest absolute Gasteiger partial charge is 0.104 e. The first-order valence-electron chi connectivity index (χ1n) is 21.3. The average Bonchev–Trinajstić information content (AvgIpc) is 3.09. The van der Waals surface area contributed by atoms with E-state index in [0.29, 0.717) is 26.4 Å². The summed E-state index contributed by atoms with van der Waals surface area (Å²) in [6.07, 6.45) is 42.9. The quantitative estimate of drug-likeness (QED) is 0.0633. The summed E-state index contributed by atoms with van der Waals surface area (Å²) in [4.78, 5) is 0. The molecule has 0 aliphatic heterocycles. The van der Waals surface area contributed by atoms with Crippen molar-refractivity contribution in [1.29, 1.82) is 0 Å². The van der Waals surface area contributed by atoms with Crippen molar-refractivity contribution in [2.24, 2.45) is 0 Å². The van der Waals surface area contributed by atoms with Crippen LogP contribution in [0.2, 0.25) is 0 Å². The number of rotatable bonds is 42. The van der Waals surface area contributed by atoms with Gasteiger partial charge in [-0.2, -0.15) is 0 Å². The lowest BCUT2D eigenvalue weighted by Gasteiger charge is -2.19. The minimum atomic E-state index is -0.300. The van der Waals surface area contributed by atoms with Crippen molar-refractivity contribution in [3.8, 4) is 0 Å². The largest absolute Gasteiger partial charge is 0.394 e. The summed E-state index contributed by atoms with van der Waals surface area (Å²) < 4.78 is 17.4. The Labute approximate surface area is 295 Å². The molecule has 0 rings (SSSR count). The molecule has 0 aliphatic rings. The summed E-state index contributed by atoms with van der Waals surface area (Å²) in [7, 11) is 0. The fourth-order valence-electron chi connectivity index (χ4n) is 6.44. The molecule has 0 aliphatic carbocycles. The number of ether oxygens (including phenoxy) is 3. The lowest BCUT2D eigenvalue weighted by molar-refractivity contribution is -0.0814. The predicted octanol–water partition coefficient (Wildman–Crippen LogP) is 12.3. The Hall–Kier alpha value is -0.200. The van der Waals surface area contributed by atoms with Crippen molar-refractivity contribution in [2.75, 3.05) is 39.6 Å². The van der Waals surface area contributed by atoms with Crippen LogP contribution in [0.3, 0.4) is 0 Å². The maximum Gasteiger partial charge on any atom is 0.104 e. The molecule has 0 saturated carbocycles. The van der Waals surface area contributed by atoms with Crippen molar-refractivity contribution in [2.45, 2.75) is 232 Å². The second kappa shape index (κ2) is 42.0. The Balaban J connectivity index is 3.45. The summed E-state index contributed by atoms with van der Waals surface area (Å²) >= 11 is 0. The maximum atomic E-state index is 9.66. The minimum Gasteiger partial charge on any atom is -0.394 e. The average molecular weight is 671 g/mol. The SMILES string of the molecule is CCCCCCCCCCCCCCCCCCOC(CO)COCC(CO)OCCCCCCCCCCCCCCCCCC. The Bertz CT molecular complexity index is 499. The van der Waals surface area contributed by atoms with Gasteiger partial charge < -0.3 is 24.4 Å². The first-order chi connectivity index (χ1) is 23.3. The third-order valence-electron chi connectivity index (χ3n) is 9.72. The highest BCUT2D eigenvalue weighted by Crippen LogP contribution is 2.15. The van der Waals surface area contributed by atoms with Gasteiger partial charge in [-0.05, 0) is 12.8 Å².